The summed E-state index contributed by atoms with van der Waals surface area (Å²) in [7, 11) is 0. The average molecular weight is 196 g/mol. The van der Waals surface area contributed by atoms with Crippen molar-refractivity contribution in [3.63, 3.8) is 0 Å². The van der Waals surface area contributed by atoms with Crippen LogP contribution >= 0.6 is 16.8 Å². The molecule has 1 aliphatic rings. The van der Waals surface area contributed by atoms with Gasteiger partial charge >= 0.3 is 0 Å². The fourth-order valence-corrected chi connectivity index (χ4v) is 5.40. The van der Waals surface area contributed by atoms with E-state index in [1.807, 2.05) is 11.4 Å². The molecule has 0 radical (unpaired) electrons. The predicted octanol–water partition coefficient (Wildman–Crippen LogP) is 2.86. The third-order valence-corrected chi connectivity index (χ3v) is 8.58. The van der Waals surface area contributed by atoms with Gasteiger partial charge in [0, 0.05) is 11.9 Å². The quantitative estimate of drug-likeness (QED) is 0.597. The Labute approximate surface area is 71.7 Å². The molecule has 0 saturated carbocycles. The zero-order valence-electron chi connectivity index (χ0n) is 6.21. The molecule has 0 bridgehead atoms. The standard InChI is InChI=1S/C6H13OPS2/c1-2-8(9)7-5-3-4-6-10-8/h2-6H2,1H3. The summed E-state index contributed by atoms with van der Waals surface area (Å²) >= 11 is 7.28. The minimum absolute atomic E-state index is 0.901. The molecule has 0 aromatic carbocycles. The molecule has 1 atom stereocenters. The van der Waals surface area contributed by atoms with E-state index in [1.165, 1.54) is 18.6 Å². The third-order valence-electron chi connectivity index (χ3n) is 1.50. The van der Waals surface area contributed by atoms with E-state index in [0.717, 1.165) is 12.8 Å². The fraction of sp³-hybridized carbons (Fsp3) is 1.00. The second kappa shape index (κ2) is 4.10. The largest absolute Gasteiger partial charge is 0.341 e. The van der Waals surface area contributed by atoms with Crippen molar-refractivity contribution in [2.75, 3.05) is 18.5 Å². The Kier molecular flexibility index (Phi) is 3.71. The molecule has 4 heteroatoms. The SMILES string of the molecule is CCP1(=S)OCCCCS1. The van der Waals surface area contributed by atoms with Crippen molar-refractivity contribution in [1.29, 1.82) is 0 Å². The summed E-state index contributed by atoms with van der Waals surface area (Å²) < 4.78 is 5.63. The van der Waals surface area contributed by atoms with Crippen LogP contribution in [0, 0.1) is 0 Å². The fourth-order valence-electron chi connectivity index (χ4n) is 0.831. The summed E-state index contributed by atoms with van der Waals surface area (Å²) in [5.41, 5.74) is -1.39. The van der Waals surface area contributed by atoms with Gasteiger partial charge < -0.3 is 4.52 Å². The molecule has 1 aliphatic heterocycles. The Hall–Kier alpha value is 0.960. The highest BCUT2D eigenvalue weighted by Gasteiger charge is 2.17. The molecule has 0 amide bonds. The van der Waals surface area contributed by atoms with Crippen LogP contribution in [-0.2, 0) is 16.3 Å². The van der Waals surface area contributed by atoms with Crippen LogP contribution in [0.15, 0.2) is 0 Å². The number of hydrogen-bond acceptors (Lipinski definition) is 3. The molecule has 10 heavy (non-hydrogen) atoms. The van der Waals surface area contributed by atoms with E-state index in [2.05, 4.69) is 6.92 Å². The van der Waals surface area contributed by atoms with Crippen LogP contribution in [0.3, 0.4) is 0 Å². The summed E-state index contributed by atoms with van der Waals surface area (Å²) in [6, 6.07) is 0. The van der Waals surface area contributed by atoms with Gasteiger partial charge in [-0.2, -0.15) is 0 Å². The van der Waals surface area contributed by atoms with Crippen LogP contribution in [0.25, 0.3) is 0 Å². The maximum Gasteiger partial charge on any atom is 0.119 e. The van der Waals surface area contributed by atoms with E-state index < -0.39 is 5.47 Å². The predicted molar refractivity (Wildman–Crippen MR) is 52.5 cm³/mol. The summed E-state index contributed by atoms with van der Waals surface area (Å²) in [4.78, 5) is 0. The molecule has 0 N–H and O–H groups in total. The minimum atomic E-state index is -1.39. The van der Waals surface area contributed by atoms with Crippen molar-refractivity contribution < 1.29 is 4.52 Å². The highest BCUT2D eigenvalue weighted by Crippen LogP contribution is 2.60. The summed E-state index contributed by atoms with van der Waals surface area (Å²) in [6.07, 6.45) is 3.53. The molecule has 0 aromatic heterocycles. The van der Waals surface area contributed by atoms with Gasteiger partial charge in [0.1, 0.15) is 5.47 Å². The zero-order chi connectivity index (χ0) is 7.45. The molecule has 0 aromatic rings. The number of rotatable bonds is 1. The molecular formula is C6H13OPS2. The van der Waals surface area contributed by atoms with Crippen molar-refractivity contribution in [2.45, 2.75) is 19.8 Å². The molecule has 0 spiro atoms. The lowest BCUT2D eigenvalue weighted by atomic mass is 10.4. The van der Waals surface area contributed by atoms with E-state index in [9.17, 15) is 0 Å². The monoisotopic (exact) mass is 196 g/mol. The smallest absolute Gasteiger partial charge is 0.119 e. The molecule has 1 unspecified atom stereocenters. The Morgan fingerprint density at radius 2 is 2.40 bits per heavy atom. The third kappa shape index (κ3) is 2.54. The van der Waals surface area contributed by atoms with Crippen LogP contribution in [0.1, 0.15) is 19.8 Å². The van der Waals surface area contributed by atoms with E-state index in [1.54, 1.807) is 0 Å². The van der Waals surface area contributed by atoms with Gasteiger partial charge in [-0.3, -0.25) is 0 Å². The zero-order valence-corrected chi connectivity index (χ0v) is 8.73. The molecule has 1 heterocycles. The van der Waals surface area contributed by atoms with Crippen molar-refractivity contribution >= 4 is 28.7 Å². The van der Waals surface area contributed by atoms with Gasteiger partial charge in [-0.25, -0.2) is 0 Å². The van der Waals surface area contributed by atoms with E-state index >= 15 is 0 Å². The van der Waals surface area contributed by atoms with E-state index in [4.69, 9.17) is 16.3 Å². The molecular weight excluding hydrogens is 183 g/mol. The van der Waals surface area contributed by atoms with Crippen LogP contribution in [0.5, 0.6) is 0 Å². The van der Waals surface area contributed by atoms with Gasteiger partial charge in [-0.05, 0) is 12.8 Å². The average Bonchev–Trinajstić information content (AvgIpc) is 2.15. The van der Waals surface area contributed by atoms with Crippen LogP contribution < -0.4 is 0 Å². The molecule has 1 fully saturated rings. The maximum atomic E-state index is 5.63. The number of hydrogen-bond donors (Lipinski definition) is 0. The lowest BCUT2D eigenvalue weighted by Crippen LogP contribution is -1.87. The van der Waals surface area contributed by atoms with Crippen molar-refractivity contribution in [2.24, 2.45) is 0 Å². The Morgan fingerprint density at radius 1 is 1.60 bits per heavy atom. The normalized spacial score (nSPS) is 35.3. The van der Waals surface area contributed by atoms with Crippen molar-refractivity contribution in [3.05, 3.63) is 0 Å². The van der Waals surface area contributed by atoms with Gasteiger partial charge in [0.2, 0.25) is 0 Å². The van der Waals surface area contributed by atoms with E-state index in [-0.39, 0.29) is 0 Å². The molecule has 60 valence electrons. The van der Waals surface area contributed by atoms with Gasteiger partial charge in [0.05, 0.1) is 6.61 Å². The van der Waals surface area contributed by atoms with Crippen molar-refractivity contribution in [3.8, 4) is 0 Å². The van der Waals surface area contributed by atoms with Gasteiger partial charge in [-0.15, -0.1) is 0 Å². The molecule has 1 rings (SSSR count). The Bertz CT molecular complexity index is 137. The first-order chi connectivity index (χ1) is 4.77. The molecule has 1 saturated heterocycles. The second-order valence-electron chi connectivity index (χ2n) is 2.30. The first kappa shape index (κ1) is 9.05. The first-order valence-corrected chi connectivity index (χ1v) is 8.14. The Morgan fingerprint density at radius 3 is 3.10 bits per heavy atom. The maximum absolute atomic E-state index is 5.63. The Balaban J connectivity index is 2.49. The van der Waals surface area contributed by atoms with Gasteiger partial charge in [-0.1, -0.05) is 30.1 Å². The van der Waals surface area contributed by atoms with Crippen molar-refractivity contribution in [1.82, 2.24) is 0 Å². The summed E-state index contributed by atoms with van der Waals surface area (Å²) in [5, 5.41) is 0. The van der Waals surface area contributed by atoms with Gasteiger partial charge in [0.25, 0.3) is 0 Å². The topological polar surface area (TPSA) is 9.23 Å². The molecule has 0 aliphatic carbocycles. The first-order valence-electron chi connectivity index (χ1n) is 3.65. The summed E-state index contributed by atoms with van der Waals surface area (Å²) in [6.45, 7) is 3.04. The highest BCUT2D eigenvalue weighted by molar-refractivity contribution is 8.69. The van der Waals surface area contributed by atoms with Crippen LogP contribution in [0.4, 0.5) is 0 Å². The van der Waals surface area contributed by atoms with Crippen LogP contribution in [-0.4, -0.2) is 18.5 Å². The summed E-state index contributed by atoms with van der Waals surface area (Å²) in [5.74, 6) is 1.21. The van der Waals surface area contributed by atoms with Gasteiger partial charge in [0.15, 0.2) is 0 Å². The lowest BCUT2D eigenvalue weighted by Gasteiger charge is -2.15. The minimum Gasteiger partial charge on any atom is -0.341 e. The highest BCUT2D eigenvalue weighted by atomic mass is 32.9. The van der Waals surface area contributed by atoms with Crippen LogP contribution in [0.2, 0.25) is 0 Å². The lowest BCUT2D eigenvalue weighted by molar-refractivity contribution is 0.352. The van der Waals surface area contributed by atoms with E-state index in [0.29, 0.717) is 0 Å². The molecule has 1 nitrogen and oxygen atoms in total. The second-order valence-corrected chi connectivity index (χ2v) is 10.1.